The van der Waals surface area contributed by atoms with E-state index in [4.69, 9.17) is 11.6 Å². The highest BCUT2D eigenvalue weighted by atomic mass is 35.5. The molecule has 2 amide bonds. The lowest BCUT2D eigenvalue weighted by Crippen LogP contribution is -2.37. The fourth-order valence-electron chi connectivity index (χ4n) is 1.48. The van der Waals surface area contributed by atoms with Crippen molar-refractivity contribution >= 4 is 23.4 Å². The summed E-state index contributed by atoms with van der Waals surface area (Å²) < 4.78 is 0. The maximum absolute atomic E-state index is 11.9. The number of carbonyl (C=O) groups is 2. The van der Waals surface area contributed by atoms with Gasteiger partial charge in [-0.3, -0.25) is 4.79 Å². The lowest BCUT2D eigenvalue weighted by Gasteiger charge is -2.21. The number of benzene rings is 1. The van der Waals surface area contributed by atoms with E-state index < -0.39 is 0 Å². The van der Waals surface area contributed by atoms with Gasteiger partial charge in [-0.2, -0.15) is 0 Å². The molecule has 4 nitrogen and oxygen atoms in total. The highest BCUT2D eigenvalue weighted by molar-refractivity contribution is 6.33. The third-order valence-corrected chi connectivity index (χ3v) is 2.76. The van der Waals surface area contributed by atoms with E-state index in [2.05, 4.69) is 5.32 Å². The molecule has 1 N–H and O–H groups in total. The van der Waals surface area contributed by atoms with Crippen LogP contribution in [0.4, 0.5) is 4.79 Å². The van der Waals surface area contributed by atoms with Crippen molar-refractivity contribution in [2.75, 3.05) is 7.05 Å². The molecule has 0 bridgehead atoms. The Labute approximate surface area is 110 Å². The normalized spacial score (nSPS) is 17.4. The number of carbonyl (C=O) groups excluding carboxylic acids is 2. The van der Waals surface area contributed by atoms with Gasteiger partial charge in [0.1, 0.15) is 0 Å². The van der Waals surface area contributed by atoms with Crippen LogP contribution in [0.15, 0.2) is 53.3 Å². The molecule has 0 radical (unpaired) electrons. The molecular formula is C13H11ClN2O2. The van der Waals surface area contributed by atoms with Gasteiger partial charge in [-0.05, 0) is 0 Å². The number of hydrogen-bond acceptors (Lipinski definition) is 2. The van der Waals surface area contributed by atoms with Crippen LogP contribution in [0, 0.1) is 0 Å². The van der Waals surface area contributed by atoms with Crippen LogP contribution in [0.1, 0.15) is 10.4 Å². The minimum atomic E-state index is -0.327. The van der Waals surface area contributed by atoms with Gasteiger partial charge in [-0.25, -0.2) is 4.79 Å². The maximum Gasteiger partial charge on any atom is 0.325 e. The molecule has 1 heterocycles. The molecule has 1 aliphatic heterocycles. The Morgan fingerprint density at radius 1 is 1.33 bits per heavy atom. The second-order valence-electron chi connectivity index (χ2n) is 3.81. The van der Waals surface area contributed by atoms with Crippen molar-refractivity contribution in [1.29, 1.82) is 0 Å². The first-order valence-corrected chi connectivity index (χ1v) is 5.68. The molecule has 0 saturated carbocycles. The topological polar surface area (TPSA) is 49.4 Å². The predicted molar refractivity (Wildman–Crippen MR) is 69.1 cm³/mol. The van der Waals surface area contributed by atoms with Gasteiger partial charge in [0.25, 0.3) is 0 Å². The summed E-state index contributed by atoms with van der Waals surface area (Å²) in [6.07, 6.45) is 2.78. The van der Waals surface area contributed by atoms with Gasteiger partial charge in [0.05, 0.1) is 10.7 Å². The third-order valence-electron chi connectivity index (χ3n) is 2.46. The van der Waals surface area contributed by atoms with Gasteiger partial charge in [-0.1, -0.05) is 41.9 Å². The third kappa shape index (κ3) is 2.60. The summed E-state index contributed by atoms with van der Waals surface area (Å²) in [4.78, 5) is 24.7. The molecular weight excluding hydrogens is 252 g/mol. The summed E-state index contributed by atoms with van der Waals surface area (Å²) in [7, 11) is 1.58. The van der Waals surface area contributed by atoms with E-state index in [9.17, 15) is 9.59 Å². The summed E-state index contributed by atoms with van der Waals surface area (Å²) in [5, 5.41) is 2.86. The number of urea groups is 1. The molecule has 0 atom stereocenters. The van der Waals surface area contributed by atoms with E-state index in [0.717, 1.165) is 0 Å². The van der Waals surface area contributed by atoms with Gasteiger partial charge >= 0.3 is 6.03 Å². The van der Waals surface area contributed by atoms with Crippen LogP contribution in [0.25, 0.3) is 0 Å². The van der Waals surface area contributed by atoms with Crippen LogP contribution < -0.4 is 5.32 Å². The zero-order valence-corrected chi connectivity index (χ0v) is 10.4. The van der Waals surface area contributed by atoms with E-state index >= 15 is 0 Å². The molecule has 0 aromatic heterocycles. The Hall–Kier alpha value is -2.07. The zero-order valence-electron chi connectivity index (χ0n) is 9.68. The molecule has 1 aliphatic rings. The largest absolute Gasteiger partial charge is 0.325 e. The van der Waals surface area contributed by atoms with E-state index in [1.807, 2.05) is 6.07 Å². The quantitative estimate of drug-likeness (QED) is 0.658. The molecule has 0 aliphatic carbocycles. The lowest BCUT2D eigenvalue weighted by atomic mass is 10.1. The molecule has 5 heteroatoms. The highest BCUT2D eigenvalue weighted by Gasteiger charge is 2.18. The smallest absolute Gasteiger partial charge is 0.306 e. The average molecular weight is 263 g/mol. The van der Waals surface area contributed by atoms with Gasteiger partial charge in [0.2, 0.25) is 0 Å². The van der Waals surface area contributed by atoms with Crippen LogP contribution in [0.5, 0.6) is 0 Å². The Balaban J connectivity index is 2.27. The first kappa shape index (κ1) is 12.4. The van der Waals surface area contributed by atoms with E-state index in [-0.39, 0.29) is 11.8 Å². The highest BCUT2D eigenvalue weighted by Crippen LogP contribution is 2.18. The summed E-state index contributed by atoms with van der Waals surface area (Å²) in [5.41, 5.74) is 0.858. The predicted octanol–water partition coefficient (Wildman–Crippen LogP) is 2.49. The Morgan fingerprint density at radius 3 is 2.67 bits per heavy atom. The van der Waals surface area contributed by atoms with Crippen molar-refractivity contribution in [3.63, 3.8) is 0 Å². The SMILES string of the molecule is CN1C=C(Cl)/C(=C/C(=O)c2ccccc2)NC1=O. The molecule has 0 spiro atoms. The van der Waals surface area contributed by atoms with Gasteiger partial charge < -0.3 is 10.2 Å². The Kier molecular flexibility index (Phi) is 3.48. The number of rotatable bonds is 2. The number of hydrogen-bond donors (Lipinski definition) is 1. The van der Waals surface area contributed by atoms with Crippen LogP contribution in [0.3, 0.4) is 0 Å². The molecule has 2 rings (SSSR count). The summed E-state index contributed by atoms with van der Waals surface area (Å²) in [6, 6.07) is 8.45. The second kappa shape index (κ2) is 5.06. The number of allylic oxidation sites excluding steroid dienone is 2. The van der Waals surface area contributed by atoms with Crippen molar-refractivity contribution in [1.82, 2.24) is 10.2 Å². The van der Waals surface area contributed by atoms with E-state index in [1.54, 1.807) is 31.3 Å². The van der Waals surface area contributed by atoms with Crippen molar-refractivity contribution in [2.45, 2.75) is 0 Å². The van der Waals surface area contributed by atoms with Crippen LogP contribution in [-0.4, -0.2) is 23.8 Å². The molecule has 0 saturated heterocycles. The lowest BCUT2D eigenvalue weighted by molar-refractivity contribution is 0.104. The second-order valence-corrected chi connectivity index (χ2v) is 4.21. The summed E-state index contributed by atoms with van der Waals surface area (Å²) in [6.45, 7) is 0. The van der Waals surface area contributed by atoms with E-state index in [0.29, 0.717) is 16.3 Å². The number of nitrogens with zero attached hydrogens (tertiary/aromatic N) is 1. The molecule has 0 fully saturated rings. The Morgan fingerprint density at radius 2 is 2.00 bits per heavy atom. The van der Waals surface area contributed by atoms with Crippen LogP contribution >= 0.6 is 11.6 Å². The van der Waals surface area contributed by atoms with Crippen LogP contribution in [0.2, 0.25) is 0 Å². The van der Waals surface area contributed by atoms with E-state index in [1.165, 1.54) is 17.2 Å². The first-order chi connectivity index (χ1) is 8.58. The van der Waals surface area contributed by atoms with Gasteiger partial charge in [0, 0.05) is 24.9 Å². The number of halogens is 1. The Bertz CT molecular complexity index is 549. The molecule has 18 heavy (non-hydrogen) atoms. The van der Waals surface area contributed by atoms with Crippen molar-refractivity contribution < 1.29 is 9.59 Å². The summed E-state index contributed by atoms with van der Waals surface area (Å²) in [5.74, 6) is -0.206. The minimum absolute atomic E-state index is 0.206. The number of nitrogens with one attached hydrogen (secondary N) is 1. The summed E-state index contributed by atoms with van der Waals surface area (Å²) >= 11 is 5.96. The first-order valence-electron chi connectivity index (χ1n) is 5.30. The van der Waals surface area contributed by atoms with Gasteiger partial charge in [0.15, 0.2) is 5.78 Å². The maximum atomic E-state index is 11.9. The van der Waals surface area contributed by atoms with Crippen molar-refractivity contribution in [3.05, 3.63) is 58.9 Å². The minimum Gasteiger partial charge on any atom is -0.306 e. The average Bonchev–Trinajstić information content (AvgIpc) is 2.37. The monoisotopic (exact) mass is 262 g/mol. The fraction of sp³-hybridized carbons (Fsp3) is 0.0769. The zero-order chi connectivity index (χ0) is 13.1. The van der Waals surface area contributed by atoms with Crippen molar-refractivity contribution in [2.24, 2.45) is 0 Å². The molecule has 92 valence electrons. The van der Waals surface area contributed by atoms with Crippen LogP contribution in [-0.2, 0) is 0 Å². The number of ketones is 1. The molecule has 1 aromatic carbocycles. The molecule has 1 aromatic rings. The molecule has 0 unspecified atom stereocenters. The number of amides is 2. The van der Waals surface area contributed by atoms with Gasteiger partial charge in [-0.15, -0.1) is 0 Å². The van der Waals surface area contributed by atoms with Crippen molar-refractivity contribution in [3.8, 4) is 0 Å². The standard InChI is InChI=1S/C13H11ClN2O2/c1-16-8-10(14)11(15-13(16)18)7-12(17)9-5-3-2-4-6-9/h2-8H,1H3,(H,15,18)/b11-7-. The fourth-order valence-corrected chi connectivity index (χ4v) is 1.73.